The number of aromatic nitrogens is 2. The van der Waals surface area contributed by atoms with Crippen molar-refractivity contribution < 1.29 is 14.6 Å². The predicted octanol–water partition coefficient (Wildman–Crippen LogP) is 2.80. The summed E-state index contributed by atoms with van der Waals surface area (Å²) >= 11 is 6.30. The van der Waals surface area contributed by atoms with E-state index in [9.17, 15) is 9.90 Å². The van der Waals surface area contributed by atoms with E-state index in [1.165, 1.54) is 4.68 Å². The van der Waals surface area contributed by atoms with E-state index < -0.39 is 5.97 Å². The van der Waals surface area contributed by atoms with Crippen LogP contribution in [0.3, 0.4) is 0 Å². The summed E-state index contributed by atoms with van der Waals surface area (Å²) in [5.41, 5.74) is 3.86. The second-order valence-electron chi connectivity index (χ2n) is 5.59. The summed E-state index contributed by atoms with van der Waals surface area (Å²) < 4.78 is 6.78. The third kappa shape index (κ3) is 3.51. The Hall–Kier alpha value is -2.79. The fourth-order valence-electron chi connectivity index (χ4n) is 2.65. The Morgan fingerprint density at radius 1 is 1.20 bits per heavy atom. The number of carbonyl (C=O) groups is 1. The van der Waals surface area contributed by atoms with E-state index in [1.54, 1.807) is 14.0 Å². The fourth-order valence-corrected chi connectivity index (χ4v) is 2.98. The van der Waals surface area contributed by atoms with Crippen molar-refractivity contribution in [2.45, 2.75) is 13.3 Å². The average Bonchev–Trinajstić information content (AvgIpc) is 2.90. The molecule has 0 aliphatic carbocycles. The SMILES string of the molecule is COc1cccc(-c2ccc(-n3nc(C)c(CC(=O)[O-])c3Cl)cc2)c1. The van der Waals surface area contributed by atoms with Crippen LogP contribution >= 0.6 is 11.6 Å². The minimum absolute atomic E-state index is 0.257. The maximum absolute atomic E-state index is 10.9. The van der Waals surface area contributed by atoms with Crippen molar-refractivity contribution in [3.63, 3.8) is 0 Å². The molecule has 0 fully saturated rings. The number of carbonyl (C=O) groups excluding carboxylic acids is 1. The molecule has 1 heterocycles. The van der Waals surface area contributed by atoms with Crippen molar-refractivity contribution in [3.8, 4) is 22.6 Å². The van der Waals surface area contributed by atoms with Crippen LogP contribution in [-0.2, 0) is 11.2 Å². The van der Waals surface area contributed by atoms with Gasteiger partial charge < -0.3 is 14.6 Å². The quantitative estimate of drug-likeness (QED) is 0.705. The van der Waals surface area contributed by atoms with E-state index in [0.717, 1.165) is 22.6 Å². The summed E-state index contributed by atoms with van der Waals surface area (Å²) in [6.45, 7) is 1.73. The van der Waals surface area contributed by atoms with Gasteiger partial charge in [0.2, 0.25) is 0 Å². The van der Waals surface area contributed by atoms with Gasteiger partial charge in [-0.25, -0.2) is 4.68 Å². The molecule has 0 aliphatic heterocycles. The monoisotopic (exact) mass is 355 g/mol. The zero-order chi connectivity index (χ0) is 18.0. The van der Waals surface area contributed by atoms with Gasteiger partial charge in [-0.1, -0.05) is 35.9 Å². The Bertz CT molecular complexity index is 917. The maximum atomic E-state index is 10.9. The van der Waals surface area contributed by atoms with Gasteiger partial charge in [0.25, 0.3) is 0 Å². The number of aryl methyl sites for hydroxylation is 1. The zero-order valence-electron chi connectivity index (χ0n) is 13.8. The molecule has 3 rings (SSSR count). The zero-order valence-corrected chi connectivity index (χ0v) is 14.6. The van der Waals surface area contributed by atoms with Crippen molar-refractivity contribution in [3.05, 3.63) is 64.9 Å². The van der Waals surface area contributed by atoms with E-state index in [-0.39, 0.29) is 11.6 Å². The highest BCUT2D eigenvalue weighted by molar-refractivity contribution is 6.30. The largest absolute Gasteiger partial charge is 0.550 e. The van der Waals surface area contributed by atoms with E-state index in [1.807, 2.05) is 48.5 Å². The van der Waals surface area contributed by atoms with E-state index in [4.69, 9.17) is 16.3 Å². The first-order valence-corrected chi connectivity index (χ1v) is 8.06. The van der Waals surface area contributed by atoms with Crippen molar-refractivity contribution >= 4 is 17.6 Å². The number of ether oxygens (including phenoxy) is 1. The molecule has 128 valence electrons. The first kappa shape index (κ1) is 17.0. The number of hydrogen-bond donors (Lipinski definition) is 0. The van der Waals surface area contributed by atoms with Crippen LogP contribution in [0.1, 0.15) is 11.3 Å². The van der Waals surface area contributed by atoms with Gasteiger partial charge in [-0.15, -0.1) is 0 Å². The molecule has 0 saturated heterocycles. The number of methoxy groups -OCH3 is 1. The van der Waals surface area contributed by atoms with Gasteiger partial charge in [0.15, 0.2) is 0 Å². The van der Waals surface area contributed by atoms with Gasteiger partial charge in [-0.2, -0.15) is 5.10 Å². The van der Waals surface area contributed by atoms with Gasteiger partial charge >= 0.3 is 0 Å². The molecule has 5 nitrogen and oxygen atoms in total. The predicted molar refractivity (Wildman–Crippen MR) is 94.0 cm³/mol. The number of aliphatic carboxylic acids is 1. The van der Waals surface area contributed by atoms with Crippen molar-refractivity contribution in [2.75, 3.05) is 7.11 Å². The smallest absolute Gasteiger partial charge is 0.136 e. The molecule has 1 aromatic heterocycles. The molecule has 0 amide bonds. The molecule has 0 unspecified atom stereocenters. The van der Waals surface area contributed by atoms with Gasteiger partial charge in [0.1, 0.15) is 10.9 Å². The topological polar surface area (TPSA) is 67.2 Å². The van der Waals surface area contributed by atoms with Crippen LogP contribution in [-0.4, -0.2) is 22.9 Å². The van der Waals surface area contributed by atoms with Gasteiger partial charge in [-0.3, -0.25) is 0 Å². The molecule has 0 atom stereocenters. The number of hydrogen-bond acceptors (Lipinski definition) is 4. The van der Waals surface area contributed by atoms with Crippen LogP contribution < -0.4 is 9.84 Å². The summed E-state index contributed by atoms with van der Waals surface area (Å²) in [6.07, 6.45) is -0.257. The summed E-state index contributed by atoms with van der Waals surface area (Å²) in [6, 6.07) is 15.5. The summed E-state index contributed by atoms with van der Waals surface area (Å²) in [4.78, 5) is 10.9. The molecule has 6 heteroatoms. The van der Waals surface area contributed by atoms with Crippen LogP contribution in [0.5, 0.6) is 5.75 Å². The standard InChI is InChI=1S/C19H17ClN2O3/c1-12-17(11-18(23)24)19(20)22(21-12)15-8-6-13(7-9-15)14-4-3-5-16(10-14)25-2/h3-10H,11H2,1-2H3,(H,23,24)/p-1. The van der Waals surface area contributed by atoms with Crippen molar-refractivity contribution in [1.29, 1.82) is 0 Å². The molecule has 3 aromatic rings. The molecule has 0 aliphatic rings. The molecule has 0 N–H and O–H groups in total. The summed E-state index contributed by atoms with van der Waals surface area (Å²) in [5.74, 6) is -0.392. The third-order valence-electron chi connectivity index (χ3n) is 3.96. The van der Waals surface area contributed by atoms with Crippen LogP contribution in [0.15, 0.2) is 48.5 Å². The van der Waals surface area contributed by atoms with E-state index in [0.29, 0.717) is 11.3 Å². The minimum atomic E-state index is -1.18. The third-order valence-corrected chi connectivity index (χ3v) is 4.35. The first-order valence-electron chi connectivity index (χ1n) is 7.68. The molecule has 0 bridgehead atoms. The number of benzene rings is 2. The molecule has 25 heavy (non-hydrogen) atoms. The van der Waals surface area contributed by atoms with E-state index >= 15 is 0 Å². The highest BCUT2D eigenvalue weighted by Gasteiger charge is 2.14. The fraction of sp³-hybridized carbons (Fsp3) is 0.158. The van der Waals surface area contributed by atoms with Crippen LogP contribution in [0.4, 0.5) is 0 Å². The number of carboxylic acid groups (broad SMARTS) is 1. The molecule has 0 saturated carbocycles. The Morgan fingerprint density at radius 2 is 1.92 bits per heavy atom. The van der Waals surface area contributed by atoms with E-state index in [2.05, 4.69) is 5.10 Å². The van der Waals surface area contributed by atoms with Crippen molar-refractivity contribution in [1.82, 2.24) is 9.78 Å². The van der Waals surface area contributed by atoms with Gasteiger partial charge in [-0.05, 0) is 42.3 Å². The maximum Gasteiger partial charge on any atom is 0.136 e. The highest BCUT2D eigenvalue weighted by atomic mass is 35.5. The molecule has 0 spiro atoms. The van der Waals surface area contributed by atoms with Crippen molar-refractivity contribution in [2.24, 2.45) is 0 Å². The average molecular weight is 356 g/mol. The molecule has 2 aromatic carbocycles. The highest BCUT2D eigenvalue weighted by Crippen LogP contribution is 2.27. The number of nitrogens with zero attached hydrogens (tertiary/aromatic N) is 2. The lowest BCUT2D eigenvalue weighted by Crippen LogP contribution is -2.24. The Kier molecular flexibility index (Phi) is 4.76. The van der Waals surface area contributed by atoms with Crippen LogP contribution in [0.25, 0.3) is 16.8 Å². The lowest BCUT2D eigenvalue weighted by molar-refractivity contribution is -0.304. The summed E-state index contributed by atoms with van der Waals surface area (Å²) in [7, 11) is 1.63. The second kappa shape index (κ2) is 6.99. The number of halogens is 1. The van der Waals surface area contributed by atoms with Gasteiger partial charge in [0.05, 0.1) is 18.5 Å². The number of carboxylic acids is 1. The Labute approximate surface area is 150 Å². The van der Waals surface area contributed by atoms with Crippen LogP contribution in [0.2, 0.25) is 5.15 Å². The molecular weight excluding hydrogens is 340 g/mol. The second-order valence-corrected chi connectivity index (χ2v) is 5.95. The molecule has 0 radical (unpaired) electrons. The lowest BCUT2D eigenvalue weighted by Gasteiger charge is -2.08. The summed E-state index contributed by atoms with van der Waals surface area (Å²) in [5, 5.41) is 15.5. The Morgan fingerprint density at radius 3 is 2.56 bits per heavy atom. The number of rotatable bonds is 5. The molecular formula is C19H16ClN2O3-. The minimum Gasteiger partial charge on any atom is -0.550 e. The normalized spacial score (nSPS) is 10.7. The first-order chi connectivity index (χ1) is 12.0. The Balaban J connectivity index is 1.94. The van der Waals surface area contributed by atoms with Crippen LogP contribution in [0, 0.1) is 6.92 Å². The lowest BCUT2D eigenvalue weighted by atomic mass is 10.1. The van der Waals surface area contributed by atoms with Gasteiger partial charge in [0, 0.05) is 18.0 Å².